The van der Waals surface area contributed by atoms with E-state index in [-0.39, 0.29) is 17.4 Å². The van der Waals surface area contributed by atoms with Crippen LogP contribution in [0.15, 0.2) is 5.38 Å². The third-order valence-electron chi connectivity index (χ3n) is 2.69. The fourth-order valence-corrected chi connectivity index (χ4v) is 2.40. The summed E-state index contributed by atoms with van der Waals surface area (Å²) < 4.78 is 37.2. The van der Waals surface area contributed by atoms with Crippen molar-refractivity contribution in [3.63, 3.8) is 0 Å². The van der Waals surface area contributed by atoms with Crippen molar-refractivity contribution < 1.29 is 23.1 Å². The Balaban J connectivity index is 2.98. The van der Waals surface area contributed by atoms with E-state index in [9.17, 15) is 18.0 Å². The van der Waals surface area contributed by atoms with Crippen molar-refractivity contribution in [2.45, 2.75) is 32.4 Å². The quantitative estimate of drug-likeness (QED) is 0.907. The van der Waals surface area contributed by atoms with Crippen LogP contribution in [0.25, 0.3) is 0 Å². The number of rotatable bonds is 5. The van der Waals surface area contributed by atoms with Crippen LogP contribution in [0.1, 0.15) is 26.5 Å². The molecule has 4 nitrogen and oxygen atoms in total. The zero-order chi connectivity index (χ0) is 14.8. The third-order valence-corrected chi connectivity index (χ3v) is 3.59. The number of alkyl halides is 3. The number of anilines is 1. The van der Waals surface area contributed by atoms with Crippen LogP contribution < -0.4 is 4.90 Å². The van der Waals surface area contributed by atoms with Crippen LogP contribution >= 0.6 is 11.3 Å². The number of carbonyl (C=O) groups is 1. The van der Waals surface area contributed by atoms with Crippen molar-refractivity contribution in [3.8, 4) is 0 Å². The van der Waals surface area contributed by atoms with E-state index in [0.717, 1.165) is 16.2 Å². The van der Waals surface area contributed by atoms with Gasteiger partial charge < -0.3 is 10.0 Å². The second kappa shape index (κ2) is 5.36. The number of aliphatic carboxylic acids is 1. The predicted molar refractivity (Wildman–Crippen MR) is 66.7 cm³/mol. The summed E-state index contributed by atoms with van der Waals surface area (Å²) >= 11 is 1.02. The summed E-state index contributed by atoms with van der Waals surface area (Å²) in [6.07, 6.45) is -4.32. The number of carboxylic acids is 1. The fourth-order valence-electron chi connectivity index (χ4n) is 1.34. The van der Waals surface area contributed by atoms with Crippen molar-refractivity contribution in [1.82, 2.24) is 4.98 Å². The smallest absolute Gasteiger partial charge is 0.406 e. The van der Waals surface area contributed by atoms with Gasteiger partial charge in [0.2, 0.25) is 0 Å². The van der Waals surface area contributed by atoms with E-state index in [0.29, 0.717) is 0 Å². The summed E-state index contributed by atoms with van der Waals surface area (Å²) in [6, 6.07) is 0. The zero-order valence-electron chi connectivity index (χ0n) is 10.8. The van der Waals surface area contributed by atoms with Gasteiger partial charge in [0.25, 0.3) is 0 Å². The van der Waals surface area contributed by atoms with E-state index in [4.69, 9.17) is 5.11 Å². The molecule has 19 heavy (non-hydrogen) atoms. The van der Waals surface area contributed by atoms with Gasteiger partial charge in [-0.1, -0.05) is 0 Å². The lowest BCUT2D eigenvalue weighted by atomic mass is 9.90. The molecule has 0 aliphatic carbocycles. The highest BCUT2D eigenvalue weighted by Gasteiger charge is 2.34. The molecule has 0 radical (unpaired) electrons. The van der Waals surface area contributed by atoms with E-state index in [2.05, 4.69) is 4.98 Å². The molecule has 1 rings (SSSR count). The van der Waals surface area contributed by atoms with Gasteiger partial charge in [-0.05, 0) is 20.8 Å². The fraction of sp³-hybridized carbons (Fsp3) is 0.636. The van der Waals surface area contributed by atoms with Crippen LogP contribution in [-0.4, -0.2) is 35.3 Å². The van der Waals surface area contributed by atoms with Gasteiger partial charge >= 0.3 is 12.1 Å². The largest absolute Gasteiger partial charge is 0.481 e. The minimum Gasteiger partial charge on any atom is -0.481 e. The first-order valence-electron chi connectivity index (χ1n) is 5.59. The molecule has 0 amide bonds. The van der Waals surface area contributed by atoms with Gasteiger partial charge in [-0.15, -0.1) is 11.3 Å². The van der Waals surface area contributed by atoms with E-state index in [1.165, 1.54) is 19.2 Å². The SMILES string of the molecule is CCN(CC(F)(F)F)c1nc(C(C)(C)C(=O)O)cs1. The number of halogens is 3. The molecule has 0 saturated carbocycles. The Morgan fingerprint density at radius 2 is 2.05 bits per heavy atom. The average molecular weight is 296 g/mol. The van der Waals surface area contributed by atoms with Crippen LogP contribution in [0, 0.1) is 0 Å². The molecule has 0 saturated heterocycles. The lowest BCUT2D eigenvalue weighted by Gasteiger charge is -2.21. The number of carboxylic acid groups (broad SMARTS) is 1. The lowest BCUT2D eigenvalue weighted by molar-refractivity contribution is -0.142. The maximum atomic E-state index is 12.4. The first-order valence-corrected chi connectivity index (χ1v) is 6.47. The molecule has 108 valence electrons. The highest BCUT2D eigenvalue weighted by Crippen LogP contribution is 2.30. The molecule has 0 aliphatic rings. The van der Waals surface area contributed by atoms with Crippen molar-refractivity contribution in [3.05, 3.63) is 11.1 Å². The highest BCUT2D eigenvalue weighted by atomic mass is 32.1. The maximum absolute atomic E-state index is 12.4. The first kappa shape index (κ1) is 15.7. The Hall–Kier alpha value is -1.31. The van der Waals surface area contributed by atoms with Crippen LogP contribution in [0.2, 0.25) is 0 Å². The Morgan fingerprint density at radius 3 is 2.47 bits per heavy atom. The first-order chi connectivity index (χ1) is 8.58. The van der Waals surface area contributed by atoms with E-state index >= 15 is 0 Å². The van der Waals surface area contributed by atoms with Crippen molar-refractivity contribution in [2.24, 2.45) is 0 Å². The lowest BCUT2D eigenvalue weighted by Crippen LogP contribution is -2.34. The van der Waals surface area contributed by atoms with Crippen LogP contribution in [0.5, 0.6) is 0 Å². The second-order valence-electron chi connectivity index (χ2n) is 4.57. The summed E-state index contributed by atoms with van der Waals surface area (Å²) in [7, 11) is 0. The van der Waals surface area contributed by atoms with Crippen LogP contribution in [0.4, 0.5) is 18.3 Å². The highest BCUT2D eigenvalue weighted by molar-refractivity contribution is 7.13. The number of thiazole rings is 1. The van der Waals surface area contributed by atoms with Crippen LogP contribution in [0.3, 0.4) is 0 Å². The van der Waals surface area contributed by atoms with E-state index < -0.39 is 24.1 Å². The molecule has 0 aromatic carbocycles. The average Bonchev–Trinajstić information content (AvgIpc) is 2.74. The molecule has 0 aliphatic heterocycles. The maximum Gasteiger partial charge on any atom is 0.406 e. The molecule has 0 fully saturated rings. The summed E-state index contributed by atoms with van der Waals surface area (Å²) in [6.45, 7) is 3.58. The molecular formula is C11H15F3N2O2S. The van der Waals surface area contributed by atoms with Gasteiger partial charge in [0.1, 0.15) is 12.0 Å². The number of hydrogen-bond donors (Lipinski definition) is 1. The van der Waals surface area contributed by atoms with Crippen molar-refractivity contribution in [2.75, 3.05) is 18.0 Å². The van der Waals surface area contributed by atoms with Gasteiger partial charge in [0.05, 0.1) is 5.69 Å². The van der Waals surface area contributed by atoms with Gasteiger partial charge in [-0.25, -0.2) is 4.98 Å². The minimum atomic E-state index is -4.32. The molecule has 8 heteroatoms. The number of aromatic nitrogens is 1. The number of nitrogens with zero attached hydrogens (tertiary/aromatic N) is 2. The molecule has 1 N–H and O–H groups in total. The minimum absolute atomic E-state index is 0.153. The third kappa shape index (κ3) is 3.82. The summed E-state index contributed by atoms with van der Waals surface area (Å²) in [5, 5.41) is 10.7. The Bertz CT molecular complexity index is 457. The molecule has 1 aromatic rings. The number of hydrogen-bond acceptors (Lipinski definition) is 4. The standard InChI is InChI=1S/C11H15F3N2O2S/c1-4-16(6-11(12,13)14)9-15-7(5-19-9)10(2,3)8(17)18/h5H,4,6H2,1-3H3,(H,17,18). The van der Waals surface area contributed by atoms with Gasteiger partial charge in [-0.2, -0.15) is 13.2 Å². The summed E-state index contributed by atoms with van der Waals surface area (Å²) in [4.78, 5) is 16.2. The summed E-state index contributed by atoms with van der Waals surface area (Å²) in [5.41, 5.74) is -0.951. The molecule has 0 unspecified atom stereocenters. The van der Waals surface area contributed by atoms with Crippen LogP contribution in [-0.2, 0) is 10.2 Å². The molecule has 0 bridgehead atoms. The van der Waals surface area contributed by atoms with Gasteiger partial charge in [0.15, 0.2) is 5.13 Å². The van der Waals surface area contributed by atoms with Crippen molar-refractivity contribution >= 4 is 22.4 Å². The topological polar surface area (TPSA) is 53.4 Å². The van der Waals surface area contributed by atoms with E-state index in [1.54, 1.807) is 6.92 Å². The second-order valence-corrected chi connectivity index (χ2v) is 5.41. The molecule has 0 atom stereocenters. The molecule has 0 spiro atoms. The van der Waals surface area contributed by atoms with E-state index in [1.807, 2.05) is 0 Å². The zero-order valence-corrected chi connectivity index (χ0v) is 11.6. The normalized spacial score (nSPS) is 12.5. The molecule has 1 aromatic heterocycles. The van der Waals surface area contributed by atoms with Gasteiger partial charge in [-0.3, -0.25) is 4.79 Å². The molecular weight excluding hydrogens is 281 g/mol. The Morgan fingerprint density at radius 1 is 1.47 bits per heavy atom. The Kier molecular flexibility index (Phi) is 4.44. The molecule has 1 heterocycles. The monoisotopic (exact) mass is 296 g/mol. The predicted octanol–water partition coefficient (Wildman–Crippen LogP) is 2.89. The van der Waals surface area contributed by atoms with Gasteiger partial charge in [0, 0.05) is 11.9 Å². The summed E-state index contributed by atoms with van der Waals surface area (Å²) in [5.74, 6) is -1.07. The Labute approximate surface area is 112 Å². The van der Waals surface area contributed by atoms with Crippen molar-refractivity contribution in [1.29, 1.82) is 0 Å².